The summed E-state index contributed by atoms with van der Waals surface area (Å²) >= 11 is 0. The second kappa shape index (κ2) is 10.0. The van der Waals surface area contributed by atoms with Crippen molar-refractivity contribution in [2.75, 3.05) is 6.61 Å². The molecule has 13 atom stereocenters. The van der Waals surface area contributed by atoms with Crippen molar-refractivity contribution in [2.45, 2.75) is 109 Å². The lowest BCUT2D eigenvalue weighted by Gasteiger charge is -2.65. The van der Waals surface area contributed by atoms with Gasteiger partial charge in [-0.25, -0.2) is 4.18 Å². The molecule has 0 aliphatic heterocycles. The van der Waals surface area contributed by atoms with E-state index in [-0.39, 0.29) is 41.4 Å². The van der Waals surface area contributed by atoms with E-state index in [9.17, 15) is 34.0 Å². The van der Waals surface area contributed by atoms with Crippen molar-refractivity contribution in [3.63, 3.8) is 0 Å². The maximum absolute atomic E-state index is 11.7. The van der Waals surface area contributed by atoms with E-state index in [0.29, 0.717) is 25.7 Å². The van der Waals surface area contributed by atoms with E-state index in [1.54, 1.807) is 6.92 Å². The first kappa shape index (κ1) is 30.4. The molecule has 9 nitrogen and oxygen atoms in total. The summed E-state index contributed by atoms with van der Waals surface area (Å²) in [6.45, 7) is 9.06. The summed E-state index contributed by atoms with van der Waals surface area (Å²) in [5.41, 5.74) is -3.50. The molecule has 220 valence electrons. The number of aliphatic hydroxyl groups excluding tert-OH is 3. The van der Waals surface area contributed by atoms with Gasteiger partial charge in [-0.05, 0) is 80.5 Å². The molecular weight excluding hydrogens is 512 g/mol. The third kappa shape index (κ3) is 5.02. The van der Waals surface area contributed by atoms with Crippen LogP contribution >= 0.6 is 0 Å². The highest BCUT2D eigenvalue weighted by Crippen LogP contribution is 2.69. The van der Waals surface area contributed by atoms with E-state index >= 15 is 0 Å². The van der Waals surface area contributed by atoms with Gasteiger partial charge in [0.1, 0.15) is 0 Å². The molecule has 0 saturated heterocycles. The van der Waals surface area contributed by atoms with Gasteiger partial charge in [-0.2, -0.15) is 8.42 Å². The van der Waals surface area contributed by atoms with Crippen molar-refractivity contribution in [1.82, 2.24) is 0 Å². The highest BCUT2D eigenvalue weighted by Gasteiger charge is 2.68. The molecule has 38 heavy (non-hydrogen) atoms. The summed E-state index contributed by atoms with van der Waals surface area (Å²) < 4.78 is 35.1. The molecule has 6 N–H and O–H groups in total. The predicted molar refractivity (Wildman–Crippen MR) is 141 cm³/mol. The number of rotatable bonds is 7. The quantitative estimate of drug-likeness (QED) is 0.203. The Kier molecular flexibility index (Phi) is 8.03. The molecule has 0 aromatic rings. The standard InChI is InChI=1S/C28H48O9S/c1-16(6-7-17(2)27(5,32)15-37-38(34,35)36)21-13-22(30)24-19-12-23(31)28(33)14-18(29)8-11-26(28,4)20(19)9-10-25(21,24)3/h6-7,16-24,29-33H,8-15H2,1-5H3,(H,34,35,36)/b7-6+/t16-,17-,18+,19-,20+,21-,22+,23-,24-,25-,26-,27+,28+/m1/s1. The maximum Gasteiger partial charge on any atom is 0.397 e. The third-order valence-corrected chi connectivity index (χ3v) is 12.1. The van der Waals surface area contributed by atoms with Crippen LogP contribution in [0.4, 0.5) is 0 Å². The zero-order valence-corrected chi connectivity index (χ0v) is 24.1. The molecule has 0 bridgehead atoms. The van der Waals surface area contributed by atoms with Crippen LogP contribution in [0.5, 0.6) is 0 Å². The van der Waals surface area contributed by atoms with Crippen LogP contribution in [0.2, 0.25) is 0 Å². The number of hydrogen-bond acceptors (Lipinski definition) is 8. The monoisotopic (exact) mass is 560 g/mol. The molecule has 0 heterocycles. The molecule has 0 radical (unpaired) electrons. The molecule has 0 spiro atoms. The molecule has 4 fully saturated rings. The topological polar surface area (TPSA) is 165 Å². The lowest BCUT2D eigenvalue weighted by molar-refractivity contribution is -0.268. The van der Waals surface area contributed by atoms with Crippen LogP contribution in [0.3, 0.4) is 0 Å². The Morgan fingerprint density at radius 3 is 2.37 bits per heavy atom. The smallest absolute Gasteiger partial charge is 0.393 e. The molecule has 4 saturated carbocycles. The van der Waals surface area contributed by atoms with Crippen molar-refractivity contribution in [3.05, 3.63) is 12.2 Å². The highest BCUT2D eigenvalue weighted by molar-refractivity contribution is 7.80. The SMILES string of the molecule is C[C@H](/C=C/[C@@H](C)[C@@](C)(O)COS(=O)(=O)O)[C@H]1C[C@H](O)[C@H]2[C@@H]3C[C@@H](O)[C@@]4(O)C[C@@H](O)CC[C@]4(C)[C@H]3CC[C@@]21C. The predicted octanol–water partition coefficient (Wildman–Crippen LogP) is 2.46. The van der Waals surface area contributed by atoms with Crippen molar-refractivity contribution >= 4 is 10.4 Å². The van der Waals surface area contributed by atoms with Crippen LogP contribution in [-0.2, 0) is 14.6 Å². The normalized spacial score (nSPS) is 48.6. The van der Waals surface area contributed by atoms with Gasteiger partial charge in [0, 0.05) is 17.8 Å². The second-order valence-corrected chi connectivity index (χ2v) is 14.9. The Labute approximate surface area is 227 Å². The Bertz CT molecular complexity index is 1010. The summed E-state index contributed by atoms with van der Waals surface area (Å²) in [5, 5.41) is 55.3. The van der Waals surface area contributed by atoms with E-state index in [1.807, 2.05) is 12.2 Å². The van der Waals surface area contributed by atoms with Crippen LogP contribution in [0.25, 0.3) is 0 Å². The maximum atomic E-state index is 11.7. The van der Waals surface area contributed by atoms with Gasteiger partial charge < -0.3 is 25.5 Å². The Balaban J connectivity index is 1.52. The van der Waals surface area contributed by atoms with E-state index < -0.39 is 57.9 Å². The molecule has 4 aliphatic carbocycles. The fourth-order valence-electron chi connectivity index (χ4n) is 9.20. The molecule has 4 rings (SSSR count). The fraction of sp³-hybridized carbons (Fsp3) is 0.929. The summed E-state index contributed by atoms with van der Waals surface area (Å²) in [5.74, 6) is 0.0304. The first-order valence-corrected chi connectivity index (χ1v) is 15.5. The molecule has 4 aliphatic rings. The average molecular weight is 561 g/mol. The molecule has 0 unspecified atom stereocenters. The average Bonchev–Trinajstić information content (AvgIpc) is 3.08. The van der Waals surface area contributed by atoms with Gasteiger partial charge in [0.25, 0.3) is 0 Å². The minimum atomic E-state index is -4.65. The van der Waals surface area contributed by atoms with Crippen LogP contribution in [0.15, 0.2) is 12.2 Å². The van der Waals surface area contributed by atoms with E-state index in [0.717, 1.165) is 12.8 Å². The van der Waals surface area contributed by atoms with Crippen molar-refractivity contribution in [1.29, 1.82) is 0 Å². The van der Waals surface area contributed by atoms with Gasteiger partial charge in [-0.15, -0.1) is 0 Å². The molecular formula is C28H48O9S. The van der Waals surface area contributed by atoms with Crippen LogP contribution in [-0.4, -0.2) is 74.6 Å². The Morgan fingerprint density at radius 1 is 1.08 bits per heavy atom. The third-order valence-electron chi connectivity index (χ3n) is 11.7. The summed E-state index contributed by atoms with van der Waals surface area (Å²) in [6.07, 6.45) is 6.10. The molecule has 0 amide bonds. The molecule has 0 aromatic heterocycles. The van der Waals surface area contributed by atoms with E-state index in [1.165, 1.54) is 6.92 Å². The first-order chi connectivity index (χ1) is 17.4. The van der Waals surface area contributed by atoms with Crippen molar-refractivity contribution in [3.8, 4) is 0 Å². The molecule has 0 aromatic carbocycles. The van der Waals surface area contributed by atoms with Crippen LogP contribution < -0.4 is 0 Å². The summed E-state index contributed by atoms with van der Waals surface area (Å²) in [7, 11) is -4.65. The van der Waals surface area contributed by atoms with Gasteiger partial charge in [0.15, 0.2) is 0 Å². The second-order valence-electron chi connectivity index (χ2n) is 13.8. The number of hydrogen-bond donors (Lipinski definition) is 6. The first-order valence-electron chi connectivity index (χ1n) is 14.1. The van der Waals surface area contributed by atoms with E-state index in [2.05, 4.69) is 25.0 Å². The lowest BCUT2D eigenvalue weighted by Crippen LogP contribution is -2.69. The minimum absolute atomic E-state index is 0.00586. The summed E-state index contributed by atoms with van der Waals surface area (Å²) in [6, 6.07) is 0. The lowest BCUT2D eigenvalue weighted by atomic mass is 9.42. The van der Waals surface area contributed by atoms with Crippen molar-refractivity contribution < 1.29 is 42.7 Å². The van der Waals surface area contributed by atoms with Gasteiger partial charge in [0.05, 0.1) is 36.1 Å². The van der Waals surface area contributed by atoms with Gasteiger partial charge >= 0.3 is 10.4 Å². The Morgan fingerprint density at radius 2 is 1.74 bits per heavy atom. The number of fused-ring (bicyclic) bond motifs is 5. The van der Waals surface area contributed by atoms with Crippen LogP contribution in [0.1, 0.15) is 79.6 Å². The number of aliphatic hydroxyl groups is 5. The number of allylic oxidation sites excluding steroid dienone is 1. The zero-order chi connectivity index (χ0) is 28.5. The zero-order valence-electron chi connectivity index (χ0n) is 23.3. The highest BCUT2D eigenvalue weighted by atomic mass is 32.3. The van der Waals surface area contributed by atoms with Gasteiger partial charge in [-0.1, -0.05) is 39.8 Å². The van der Waals surface area contributed by atoms with Gasteiger partial charge in [-0.3, -0.25) is 4.55 Å². The Hall–Kier alpha value is -0.590. The fourth-order valence-corrected chi connectivity index (χ4v) is 9.59. The molecule has 10 heteroatoms. The van der Waals surface area contributed by atoms with E-state index in [4.69, 9.17) is 4.55 Å². The minimum Gasteiger partial charge on any atom is -0.393 e. The van der Waals surface area contributed by atoms with Crippen molar-refractivity contribution in [2.24, 2.45) is 46.3 Å². The van der Waals surface area contributed by atoms with Crippen LogP contribution in [0, 0.1) is 46.3 Å². The van der Waals surface area contributed by atoms with Gasteiger partial charge in [0.2, 0.25) is 0 Å². The largest absolute Gasteiger partial charge is 0.397 e. The summed E-state index contributed by atoms with van der Waals surface area (Å²) in [4.78, 5) is 0.